The minimum atomic E-state index is -0.175. The smallest absolute Gasteiger partial charge is 0.0406 e. The van der Waals surface area contributed by atoms with Crippen LogP contribution >= 0.6 is 11.6 Å². The fourth-order valence-corrected chi connectivity index (χ4v) is 2.11. The molecule has 0 heterocycles. The van der Waals surface area contributed by atoms with Crippen molar-refractivity contribution in [2.45, 2.75) is 12.3 Å². The third-order valence-corrected chi connectivity index (χ3v) is 3.48. The molecule has 0 spiro atoms. The van der Waals surface area contributed by atoms with E-state index < -0.39 is 0 Å². The van der Waals surface area contributed by atoms with Crippen LogP contribution in [-0.2, 0) is 5.41 Å². The fraction of sp³-hybridized carbons (Fsp3) is 0.125. The second-order valence-electron chi connectivity index (χ2n) is 4.28. The Morgan fingerprint density at radius 3 is 2.00 bits per heavy atom. The van der Waals surface area contributed by atoms with E-state index in [1.54, 1.807) is 0 Å². The van der Waals surface area contributed by atoms with Gasteiger partial charge in [0.15, 0.2) is 0 Å². The van der Waals surface area contributed by atoms with Crippen molar-refractivity contribution >= 4 is 11.6 Å². The van der Waals surface area contributed by atoms with Gasteiger partial charge in [0.1, 0.15) is 0 Å². The third kappa shape index (κ3) is 2.27. The van der Waals surface area contributed by atoms with Gasteiger partial charge in [-0.3, -0.25) is 0 Å². The van der Waals surface area contributed by atoms with Gasteiger partial charge in [-0.15, -0.1) is 6.58 Å². The number of benzene rings is 2. The number of hydrogen-bond acceptors (Lipinski definition) is 0. The van der Waals surface area contributed by atoms with E-state index in [1.165, 1.54) is 11.1 Å². The first-order valence-corrected chi connectivity index (χ1v) is 6.00. The fourth-order valence-electron chi connectivity index (χ4n) is 1.98. The van der Waals surface area contributed by atoms with Crippen LogP contribution in [0.2, 0.25) is 5.02 Å². The molecule has 0 amide bonds. The van der Waals surface area contributed by atoms with Crippen LogP contribution in [0.3, 0.4) is 0 Å². The minimum absolute atomic E-state index is 0.175. The maximum absolute atomic E-state index is 5.93. The van der Waals surface area contributed by atoms with Crippen molar-refractivity contribution in [2.24, 2.45) is 0 Å². The Labute approximate surface area is 108 Å². The molecule has 0 N–H and O–H groups in total. The molecule has 0 aliphatic carbocycles. The molecule has 0 aliphatic heterocycles. The highest BCUT2D eigenvalue weighted by Gasteiger charge is 2.24. The molecule has 0 aliphatic rings. The van der Waals surface area contributed by atoms with E-state index in [1.807, 2.05) is 36.4 Å². The molecular weight excluding hydrogens is 228 g/mol. The lowest BCUT2D eigenvalue weighted by molar-refractivity contribution is 0.726. The maximum Gasteiger partial charge on any atom is 0.0406 e. The first kappa shape index (κ1) is 11.9. The molecule has 2 aromatic rings. The van der Waals surface area contributed by atoms with Crippen molar-refractivity contribution < 1.29 is 0 Å². The molecule has 0 saturated carbocycles. The first-order chi connectivity index (χ1) is 8.16. The highest BCUT2D eigenvalue weighted by atomic mass is 35.5. The van der Waals surface area contributed by atoms with Crippen LogP contribution in [0.15, 0.2) is 67.3 Å². The molecule has 2 rings (SSSR count). The van der Waals surface area contributed by atoms with E-state index in [4.69, 9.17) is 11.6 Å². The molecule has 86 valence electrons. The summed E-state index contributed by atoms with van der Waals surface area (Å²) < 4.78 is 0. The van der Waals surface area contributed by atoms with Gasteiger partial charge >= 0.3 is 0 Å². The van der Waals surface area contributed by atoms with Crippen molar-refractivity contribution in [3.05, 3.63) is 83.4 Å². The van der Waals surface area contributed by atoms with E-state index in [0.29, 0.717) is 0 Å². The second kappa shape index (κ2) is 4.77. The molecule has 0 saturated heterocycles. The average molecular weight is 243 g/mol. The lowest BCUT2D eigenvalue weighted by Gasteiger charge is -2.27. The standard InChI is InChI=1S/C16H15Cl/c1-3-16(2,13-7-5-4-6-8-13)14-9-11-15(17)12-10-14/h3-12H,1H2,2H3/t16-/m1/s1. The third-order valence-electron chi connectivity index (χ3n) is 3.23. The zero-order valence-electron chi connectivity index (χ0n) is 9.86. The Hall–Kier alpha value is -1.53. The van der Waals surface area contributed by atoms with E-state index in [-0.39, 0.29) is 5.41 Å². The maximum atomic E-state index is 5.93. The van der Waals surface area contributed by atoms with Gasteiger partial charge in [-0.25, -0.2) is 0 Å². The molecule has 1 heteroatoms. The lowest BCUT2D eigenvalue weighted by atomic mass is 9.76. The van der Waals surface area contributed by atoms with Gasteiger partial charge in [-0.1, -0.05) is 60.1 Å². The van der Waals surface area contributed by atoms with Crippen LogP contribution in [-0.4, -0.2) is 0 Å². The van der Waals surface area contributed by atoms with E-state index in [2.05, 4.69) is 37.8 Å². The van der Waals surface area contributed by atoms with Gasteiger partial charge in [-0.2, -0.15) is 0 Å². The van der Waals surface area contributed by atoms with E-state index in [9.17, 15) is 0 Å². The normalized spacial score (nSPS) is 14.0. The number of allylic oxidation sites excluding steroid dienone is 1. The summed E-state index contributed by atoms with van der Waals surface area (Å²) in [6, 6.07) is 18.3. The summed E-state index contributed by atoms with van der Waals surface area (Å²) >= 11 is 5.93. The van der Waals surface area contributed by atoms with Crippen LogP contribution in [0, 0.1) is 0 Å². The zero-order chi connectivity index (χ0) is 12.3. The molecule has 0 aromatic heterocycles. The van der Waals surface area contributed by atoms with Crippen LogP contribution in [0.25, 0.3) is 0 Å². The van der Waals surface area contributed by atoms with Crippen LogP contribution in [0.1, 0.15) is 18.1 Å². The molecule has 17 heavy (non-hydrogen) atoms. The largest absolute Gasteiger partial charge is 0.102 e. The van der Waals surface area contributed by atoms with Gasteiger partial charge in [0.2, 0.25) is 0 Å². The summed E-state index contributed by atoms with van der Waals surface area (Å²) in [6.45, 7) is 6.14. The Kier molecular flexibility index (Phi) is 3.35. The predicted molar refractivity (Wildman–Crippen MR) is 74.5 cm³/mol. The van der Waals surface area contributed by atoms with Crippen molar-refractivity contribution in [3.63, 3.8) is 0 Å². The first-order valence-electron chi connectivity index (χ1n) is 5.62. The average Bonchev–Trinajstić information content (AvgIpc) is 2.40. The lowest BCUT2D eigenvalue weighted by Crippen LogP contribution is -2.20. The van der Waals surface area contributed by atoms with Crippen molar-refractivity contribution in [3.8, 4) is 0 Å². The predicted octanol–water partition coefficient (Wildman–Crippen LogP) is 4.83. The summed E-state index contributed by atoms with van der Waals surface area (Å²) in [6.07, 6.45) is 1.98. The van der Waals surface area contributed by atoms with Gasteiger partial charge < -0.3 is 0 Å². The topological polar surface area (TPSA) is 0 Å². The Morgan fingerprint density at radius 1 is 0.941 bits per heavy atom. The van der Waals surface area contributed by atoms with Crippen LogP contribution in [0.5, 0.6) is 0 Å². The Balaban J connectivity index is 2.51. The van der Waals surface area contributed by atoms with Gasteiger partial charge in [0.25, 0.3) is 0 Å². The Bertz CT molecular complexity index is 499. The van der Waals surface area contributed by atoms with E-state index >= 15 is 0 Å². The van der Waals surface area contributed by atoms with Crippen molar-refractivity contribution in [1.29, 1.82) is 0 Å². The SMILES string of the molecule is C=C[C@](C)(c1ccccc1)c1ccc(Cl)cc1. The van der Waals surface area contributed by atoms with Gasteiger partial charge in [0.05, 0.1) is 0 Å². The van der Waals surface area contributed by atoms with E-state index in [0.717, 1.165) is 5.02 Å². The molecule has 1 atom stereocenters. The second-order valence-corrected chi connectivity index (χ2v) is 4.72. The summed E-state index contributed by atoms with van der Waals surface area (Å²) in [4.78, 5) is 0. The molecular formula is C16H15Cl. The zero-order valence-corrected chi connectivity index (χ0v) is 10.6. The molecule has 0 radical (unpaired) electrons. The highest BCUT2D eigenvalue weighted by molar-refractivity contribution is 6.30. The summed E-state index contributed by atoms with van der Waals surface area (Å²) in [5, 5.41) is 0.758. The summed E-state index contributed by atoms with van der Waals surface area (Å²) in [7, 11) is 0. The number of hydrogen-bond donors (Lipinski definition) is 0. The number of rotatable bonds is 3. The van der Waals surface area contributed by atoms with Crippen LogP contribution in [0.4, 0.5) is 0 Å². The van der Waals surface area contributed by atoms with Gasteiger partial charge in [0, 0.05) is 10.4 Å². The Morgan fingerprint density at radius 2 is 1.47 bits per heavy atom. The van der Waals surface area contributed by atoms with Crippen LogP contribution < -0.4 is 0 Å². The molecule has 0 nitrogen and oxygen atoms in total. The molecule has 0 unspecified atom stereocenters. The molecule has 0 fully saturated rings. The van der Waals surface area contributed by atoms with Gasteiger partial charge in [-0.05, 0) is 30.2 Å². The quantitative estimate of drug-likeness (QED) is 0.676. The van der Waals surface area contributed by atoms with Crippen molar-refractivity contribution in [1.82, 2.24) is 0 Å². The minimum Gasteiger partial charge on any atom is -0.102 e. The summed E-state index contributed by atoms with van der Waals surface area (Å²) in [5.41, 5.74) is 2.26. The molecule has 2 aromatic carbocycles. The molecule has 0 bridgehead atoms. The van der Waals surface area contributed by atoms with Crippen molar-refractivity contribution in [2.75, 3.05) is 0 Å². The summed E-state index contributed by atoms with van der Waals surface area (Å²) in [5.74, 6) is 0. The highest BCUT2D eigenvalue weighted by Crippen LogP contribution is 2.33. The monoisotopic (exact) mass is 242 g/mol. The number of halogens is 1.